The van der Waals surface area contributed by atoms with Crippen LogP contribution in [0.4, 0.5) is 0 Å². The summed E-state index contributed by atoms with van der Waals surface area (Å²) in [7, 11) is 0. The number of allylic oxidation sites excluding steroid dienone is 2. The molecule has 150 valence electrons. The minimum atomic E-state index is -0.0484. The Morgan fingerprint density at radius 1 is 1.18 bits per heavy atom. The first-order valence-electron chi connectivity index (χ1n) is 10.5. The van der Waals surface area contributed by atoms with Crippen molar-refractivity contribution in [1.82, 2.24) is 9.78 Å². The van der Waals surface area contributed by atoms with Gasteiger partial charge >= 0.3 is 0 Å². The molecule has 1 heterocycles. The summed E-state index contributed by atoms with van der Waals surface area (Å²) >= 11 is 0. The molecule has 0 N–H and O–H groups in total. The number of benzene rings is 1. The average molecular weight is 379 g/mol. The highest BCUT2D eigenvalue weighted by atomic mass is 16.2. The Kier molecular flexibility index (Phi) is 5.65. The second kappa shape index (κ2) is 7.69. The van der Waals surface area contributed by atoms with Gasteiger partial charge in [0.1, 0.15) is 0 Å². The summed E-state index contributed by atoms with van der Waals surface area (Å²) in [5, 5.41) is 4.96. The molecular weight excluding hydrogens is 344 g/mol. The van der Waals surface area contributed by atoms with E-state index in [2.05, 4.69) is 53.7 Å². The van der Waals surface area contributed by atoms with Crippen LogP contribution in [0.5, 0.6) is 0 Å². The Bertz CT molecular complexity index is 881. The molecule has 0 fully saturated rings. The Morgan fingerprint density at radius 3 is 2.39 bits per heavy atom. The van der Waals surface area contributed by atoms with E-state index in [9.17, 15) is 4.79 Å². The van der Waals surface area contributed by atoms with E-state index >= 15 is 0 Å². The quantitative estimate of drug-likeness (QED) is 0.549. The second-order valence-corrected chi connectivity index (χ2v) is 9.75. The van der Waals surface area contributed by atoms with E-state index in [0.717, 1.165) is 35.4 Å². The molecule has 28 heavy (non-hydrogen) atoms. The van der Waals surface area contributed by atoms with Gasteiger partial charge in [-0.1, -0.05) is 78.0 Å². The lowest BCUT2D eigenvalue weighted by Gasteiger charge is -2.28. The third-order valence-corrected chi connectivity index (χ3v) is 5.74. The summed E-state index contributed by atoms with van der Waals surface area (Å²) in [5.41, 5.74) is 5.16. The van der Waals surface area contributed by atoms with Gasteiger partial charge in [-0.2, -0.15) is 9.78 Å². The summed E-state index contributed by atoms with van der Waals surface area (Å²) in [5.74, 6) is 1.32. The lowest BCUT2D eigenvalue weighted by Crippen LogP contribution is -2.18. The summed E-state index contributed by atoms with van der Waals surface area (Å²) in [6.45, 7) is 15.1. The zero-order chi connectivity index (χ0) is 20.6. The Hall–Kier alpha value is -2.16. The van der Waals surface area contributed by atoms with Crippen molar-refractivity contribution in [1.29, 1.82) is 0 Å². The van der Waals surface area contributed by atoms with Crippen molar-refractivity contribution >= 4 is 5.91 Å². The van der Waals surface area contributed by atoms with Gasteiger partial charge in [-0.15, -0.1) is 0 Å². The van der Waals surface area contributed by atoms with Gasteiger partial charge in [0.15, 0.2) is 0 Å². The molecule has 0 aliphatic heterocycles. The normalized spacial score (nSPS) is 20.4. The standard InChI is InChI=1S/C25H34N2O/c1-16(2)20-14-13-17(3)21-22(20)26-27(23(21)19-11-9-8-10-12-19)24(28)18(4)15-25(5,6)7/h8-12,15-17,20H,13-14H2,1-7H3/b18-15+/t17-,20+/m1/s1. The highest BCUT2D eigenvalue weighted by Gasteiger charge is 2.35. The molecule has 3 nitrogen and oxygen atoms in total. The maximum absolute atomic E-state index is 13.4. The van der Waals surface area contributed by atoms with Crippen LogP contribution >= 0.6 is 0 Å². The number of aromatic nitrogens is 2. The average Bonchev–Trinajstić information content (AvgIpc) is 3.01. The predicted octanol–water partition coefficient (Wildman–Crippen LogP) is 6.82. The zero-order valence-electron chi connectivity index (χ0n) is 18.4. The van der Waals surface area contributed by atoms with Crippen molar-refractivity contribution in [3.05, 3.63) is 53.2 Å². The number of hydrogen-bond acceptors (Lipinski definition) is 2. The van der Waals surface area contributed by atoms with Gasteiger partial charge in [0.05, 0.1) is 11.4 Å². The van der Waals surface area contributed by atoms with Crippen LogP contribution in [-0.4, -0.2) is 15.7 Å². The number of nitrogens with zero attached hydrogens (tertiary/aromatic N) is 2. The summed E-state index contributed by atoms with van der Waals surface area (Å²) in [6, 6.07) is 10.3. The van der Waals surface area contributed by atoms with E-state index in [-0.39, 0.29) is 11.3 Å². The second-order valence-electron chi connectivity index (χ2n) is 9.75. The highest BCUT2D eigenvalue weighted by Crippen LogP contribution is 2.46. The van der Waals surface area contributed by atoms with Gasteiger partial charge in [0.25, 0.3) is 5.91 Å². The van der Waals surface area contributed by atoms with E-state index in [4.69, 9.17) is 5.10 Å². The molecule has 0 spiro atoms. The molecule has 1 aliphatic carbocycles. The third kappa shape index (κ3) is 3.99. The molecule has 3 rings (SSSR count). The monoisotopic (exact) mass is 378 g/mol. The highest BCUT2D eigenvalue weighted by molar-refractivity contribution is 5.97. The van der Waals surface area contributed by atoms with E-state index in [1.165, 1.54) is 5.56 Å². The van der Waals surface area contributed by atoms with Crippen molar-refractivity contribution < 1.29 is 4.79 Å². The fraction of sp³-hybridized carbons (Fsp3) is 0.520. The molecule has 1 aliphatic rings. The smallest absolute Gasteiger partial charge is 0.267 e. The molecule has 0 saturated heterocycles. The molecule has 0 bridgehead atoms. The van der Waals surface area contributed by atoms with Crippen LogP contribution in [0.2, 0.25) is 0 Å². The lowest BCUT2D eigenvalue weighted by molar-refractivity contribution is 0.0939. The molecule has 2 aromatic rings. The first-order chi connectivity index (χ1) is 13.1. The summed E-state index contributed by atoms with van der Waals surface area (Å²) in [4.78, 5) is 13.4. The Labute approximate surface area is 169 Å². The lowest BCUT2D eigenvalue weighted by atomic mass is 9.75. The fourth-order valence-corrected chi connectivity index (χ4v) is 4.47. The molecule has 1 aromatic carbocycles. The van der Waals surface area contributed by atoms with Crippen LogP contribution < -0.4 is 0 Å². The number of carbonyl (C=O) groups is 1. The van der Waals surface area contributed by atoms with E-state index in [1.54, 1.807) is 4.68 Å². The third-order valence-electron chi connectivity index (χ3n) is 5.74. The fourth-order valence-electron chi connectivity index (χ4n) is 4.47. The molecular formula is C25H34N2O. The van der Waals surface area contributed by atoms with Gasteiger partial charge in [-0.25, -0.2) is 0 Å². The van der Waals surface area contributed by atoms with Crippen LogP contribution in [0.3, 0.4) is 0 Å². The Morgan fingerprint density at radius 2 is 1.82 bits per heavy atom. The maximum atomic E-state index is 13.4. The van der Waals surface area contributed by atoms with Crippen molar-refractivity contribution in [3.63, 3.8) is 0 Å². The summed E-state index contributed by atoms with van der Waals surface area (Å²) in [6.07, 6.45) is 4.34. The van der Waals surface area contributed by atoms with Crippen LogP contribution in [0, 0.1) is 11.3 Å². The van der Waals surface area contributed by atoms with Gasteiger partial charge in [0.2, 0.25) is 0 Å². The molecule has 3 heteroatoms. The number of hydrogen-bond donors (Lipinski definition) is 0. The van der Waals surface area contributed by atoms with E-state index < -0.39 is 0 Å². The molecule has 1 aromatic heterocycles. The van der Waals surface area contributed by atoms with Gasteiger partial charge in [0, 0.05) is 22.6 Å². The van der Waals surface area contributed by atoms with Crippen LogP contribution in [0.15, 0.2) is 42.0 Å². The predicted molar refractivity (Wildman–Crippen MR) is 117 cm³/mol. The van der Waals surface area contributed by atoms with Gasteiger partial charge in [-0.05, 0) is 37.0 Å². The number of fused-ring (bicyclic) bond motifs is 1. The van der Waals surface area contributed by atoms with Crippen molar-refractivity contribution in [2.75, 3.05) is 0 Å². The zero-order valence-corrected chi connectivity index (χ0v) is 18.4. The van der Waals surface area contributed by atoms with Crippen molar-refractivity contribution in [3.8, 4) is 11.3 Å². The first kappa shape index (κ1) is 20.6. The SMILES string of the molecule is C/C(=C\C(C)(C)C)C(=O)n1nc2c(c1-c1ccccc1)[C@H](C)CC[C@H]2C(C)C. The molecule has 0 saturated carbocycles. The van der Waals surface area contributed by atoms with Crippen molar-refractivity contribution in [2.24, 2.45) is 11.3 Å². The first-order valence-corrected chi connectivity index (χ1v) is 10.5. The Balaban J connectivity index is 2.24. The van der Waals surface area contributed by atoms with Crippen LogP contribution in [-0.2, 0) is 0 Å². The number of rotatable bonds is 3. The minimum absolute atomic E-state index is 0.0158. The molecule has 0 amide bonds. The minimum Gasteiger partial charge on any atom is -0.267 e. The topological polar surface area (TPSA) is 34.9 Å². The van der Waals surface area contributed by atoms with Gasteiger partial charge in [-0.3, -0.25) is 4.79 Å². The number of carbonyl (C=O) groups excluding carboxylic acids is 1. The maximum Gasteiger partial charge on any atom is 0.274 e. The molecule has 0 unspecified atom stereocenters. The van der Waals surface area contributed by atoms with Crippen molar-refractivity contribution in [2.45, 2.75) is 73.1 Å². The van der Waals surface area contributed by atoms with E-state index in [0.29, 0.717) is 17.8 Å². The largest absolute Gasteiger partial charge is 0.274 e. The van der Waals surface area contributed by atoms with E-state index in [1.807, 2.05) is 31.2 Å². The van der Waals surface area contributed by atoms with Crippen LogP contribution in [0.25, 0.3) is 11.3 Å². The molecule has 0 radical (unpaired) electrons. The van der Waals surface area contributed by atoms with Crippen LogP contribution in [0.1, 0.15) is 89.2 Å². The summed E-state index contributed by atoms with van der Waals surface area (Å²) < 4.78 is 1.69. The van der Waals surface area contributed by atoms with Gasteiger partial charge < -0.3 is 0 Å². The molecule has 2 atom stereocenters.